The Balaban J connectivity index is 2.01. The number of esters is 1. The fourth-order valence-corrected chi connectivity index (χ4v) is 3.43. The average Bonchev–Trinajstić information content (AvgIpc) is 2.96. The second kappa shape index (κ2) is 5.77. The second-order valence-electron chi connectivity index (χ2n) is 5.61. The van der Waals surface area contributed by atoms with Gasteiger partial charge in [-0.1, -0.05) is 12.1 Å². The van der Waals surface area contributed by atoms with Crippen LogP contribution in [0, 0.1) is 5.92 Å². The lowest BCUT2D eigenvalue weighted by Gasteiger charge is -2.22. The van der Waals surface area contributed by atoms with Gasteiger partial charge in [-0.05, 0) is 18.6 Å². The molecule has 1 aliphatic rings. The van der Waals surface area contributed by atoms with Gasteiger partial charge in [-0.2, -0.15) is 0 Å². The number of nitrogens with zero attached hydrogens (tertiary/aromatic N) is 3. The van der Waals surface area contributed by atoms with Crippen LogP contribution >= 0.6 is 0 Å². The van der Waals surface area contributed by atoms with Crippen LogP contribution in [0.25, 0.3) is 11.4 Å². The van der Waals surface area contributed by atoms with E-state index >= 15 is 0 Å². The lowest BCUT2D eigenvalue weighted by atomic mass is 9.99. The molecule has 3 rings (SSSR count). The van der Waals surface area contributed by atoms with Crippen molar-refractivity contribution in [3.05, 3.63) is 30.1 Å². The first-order chi connectivity index (χ1) is 10.9. The van der Waals surface area contributed by atoms with E-state index in [-0.39, 0.29) is 16.8 Å². The summed E-state index contributed by atoms with van der Waals surface area (Å²) in [4.78, 5) is 12.0. The predicted molar refractivity (Wildman–Crippen MR) is 82.4 cm³/mol. The highest BCUT2D eigenvalue weighted by atomic mass is 32.2. The van der Waals surface area contributed by atoms with Crippen LogP contribution in [0.2, 0.25) is 0 Å². The zero-order chi connectivity index (χ0) is 16.6. The SMILES string of the molecule is COC(=O)[C@H]1CCc2nnc(-c3cccc(S(C)(=O)=O)c3)n2C1. The molecule has 0 spiro atoms. The highest BCUT2D eigenvalue weighted by Crippen LogP contribution is 2.27. The van der Waals surface area contributed by atoms with E-state index in [1.54, 1.807) is 24.3 Å². The number of hydrogen-bond donors (Lipinski definition) is 0. The number of ether oxygens (including phenoxy) is 1. The summed E-state index contributed by atoms with van der Waals surface area (Å²) in [6.07, 6.45) is 2.48. The molecule has 0 radical (unpaired) electrons. The summed E-state index contributed by atoms with van der Waals surface area (Å²) in [5.74, 6) is 0.879. The van der Waals surface area contributed by atoms with E-state index in [4.69, 9.17) is 4.74 Å². The average molecular weight is 335 g/mol. The molecule has 23 heavy (non-hydrogen) atoms. The second-order valence-corrected chi connectivity index (χ2v) is 7.62. The molecule has 2 aromatic rings. The summed E-state index contributed by atoms with van der Waals surface area (Å²) in [5, 5.41) is 8.33. The lowest BCUT2D eigenvalue weighted by molar-refractivity contribution is -0.146. The van der Waals surface area contributed by atoms with Gasteiger partial charge in [0.15, 0.2) is 15.7 Å². The van der Waals surface area contributed by atoms with Crippen LogP contribution < -0.4 is 0 Å². The topological polar surface area (TPSA) is 91.2 Å². The number of methoxy groups -OCH3 is 1. The molecular weight excluding hydrogens is 318 g/mol. The number of aromatic nitrogens is 3. The van der Waals surface area contributed by atoms with Gasteiger partial charge < -0.3 is 9.30 Å². The summed E-state index contributed by atoms with van der Waals surface area (Å²) in [7, 11) is -1.92. The van der Waals surface area contributed by atoms with Gasteiger partial charge in [0.1, 0.15) is 5.82 Å². The molecule has 0 saturated heterocycles. The van der Waals surface area contributed by atoms with E-state index in [0.717, 1.165) is 5.82 Å². The minimum absolute atomic E-state index is 0.229. The van der Waals surface area contributed by atoms with Crippen LogP contribution in [0.1, 0.15) is 12.2 Å². The predicted octanol–water partition coefficient (Wildman–Crippen LogP) is 1.08. The maximum atomic E-state index is 11.8. The van der Waals surface area contributed by atoms with Crippen molar-refractivity contribution >= 4 is 15.8 Å². The molecule has 0 aliphatic carbocycles. The van der Waals surface area contributed by atoms with Crippen LogP contribution in [0.15, 0.2) is 29.2 Å². The van der Waals surface area contributed by atoms with E-state index in [1.165, 1.54) is 13.4 Å². The van der Waals surface area contributed by atoms with Crippen LogP contribution in [0.3, 0.4) is 0 Å². The number of carbonyl (C=O) groups excluding carboxylic acids is 1. The van der Waals surface area contributed by atoms with Gasteiger partial charge in [0.25, 0.3) is 0 Å². The fraction of sp³-hybridized carbons (Fsp3) is 0.400. The Labute approximate surface area is 134 Å². The van der Waals surface area contributed by atoms with E-state index in [2.05, 4.69) is 10.2 Å². The molecular formula is C15H17N3O4S. The molecule has 0 bridgehead atoms. The molecule has 122 valence electrons. The number of sulfone groups is 1. The molecule has 0 saturated carbocycles. The van der Waals surface area contributed by atoms with E-state index < -0.39 is 9.84 Å². The molecule has 1 aliphatic heterocycles. The highest BCUT2D eigenvalue weighted by Gasteiger charge is 2.28. The molecule has 1 aromatic heterocycles. The van der Waals surface area contributed by atoms with E-state index in [0.29, 0.717) is 30.8 Å². The number of fused-ring (bicyclic) bond motifs is 1. The normalized spacial score (nSPS) is 17.6. The summed E-state index contributed by atoms with van der Waals surface area (Å²) in [6, 6.07) is 6.58. The molecule has 7 nitrogen and oxygen atoms in total. The van der Waals surface area contributed by atoms with Crippen molar-refractivity contribution in [3.63, 3.8) is 0 Å². The van der Waals surface area contributed by atoms with Crippen LogP contribution in [0.4, 0.5) is 0 Å². The Morgan fingerprint density at radius 2 is 2.13 bits per heavy atom. The van der Waals surface area contributed by atoms with Gasteiger partial charge in [-0.25, -0.2) is 8.42 Å². The molecule has 0 amide bonds. The summed E-state index contributed by atoms with van der Waals surface area (Å²) < 4.78 is 30.1. The van der Waals surface area contributed by atoms with Crippen LogP contribution in [-0.4, -0.2) is 42.5 Å². The third-order valence-corrected chi connectivity index (χ3v) is 5.11. The molecule has 0 fully saturated rings. The number of hydrogen-bond acceptors (Lipinski definition) is 6. The highest BCUT2D eigenvalue weighted by molar-refractivity contribution is 7.90. The zero-order valence-electron chi connectivity index (χ0n) is 12.9. The Morgan fingerprint density at radius 3 is 2.83 bits per heavy atom. The Bertz CT molecular complexity index is 857. The quantitative estimate of drug-likeness (QED) is 0.780. The van der Waals surface area contributed by atoms with Crippen molar-refractivity contribution in [1.29, 1.82) is 0 Å². The van der Waals surface area contributed by atoms with E-state index in [9.17, 15) is 13.2 Å². The zero-order valence-corrected chi connectivity index (χ0v) is 13.7. The molecule has 1 aromatic carbocycles. The Kier molecular flexibility index (Phi) is 3.93. The number of aryl methyl sites for hydroxylation is 1. The Morgan fingerprint density at radius 1 is 1.35 bits per heavy atom. The van der Waals surface area contributed by atoms with Crippen LogP contribution in [-0.2, 0) is 32.3 Å². The standard InChI is InChI=1S/C15H17N3O4S/c1-22-15(19)11-6-7-13-16-17-14(18(13)9-11)10-4-3-5-12(8-10)23(2,20)21/h3-5,8,11H,6-7,9H2,1-2H3/t11-/m0/s1. The third-order valence-electron chi connectivity index (χ3n) is 4.00. The maximum Gasteiger partial charge on any atom is 0.310 e. The maximum absolute atomic E-state index is 11.8. The number of benzene rings is 1. The number of rotatable bonds is 3. The Hall–Kier alpha value is -2.22. The summed E-state index contributed by atoms with van der Waals surface area (Å²) in [5.41, 5.74) is 0.664. The minimum Gasteiger partial charge on any atom is -0.469 e. The van der Waals surface area contributed by atoms with Gasteiger partial charge in [0.2, 0.25) is 0 Å². The molecule has 0 N–H and O–H groups in total. The van der Waals surface area contributed by atoms with Gasteiger partial charge in [0, 0.05) is 24.8 Å². The fourth-order valence-electron chi connectivity index (χ4n) is 2.77. The monoisotopic (exact) mass is 335 g/mol. The largest absolute Gasteiger partial charge is 0.469 e. The smallest absolute Gasteiger partial charge is 0.310 e. The van der Waals surface area contributed by atoms with Crippen LogP contribution in [0.5, 0.6) is 0 Å². The van der Waals surface area contributed by atoms with Gasteiger partial charge >= 0.3 is 5.97 Å². The molecule has 0 unspecified atom stereocenters. The van der Waals surface area contributed by atoms with Gasteiger partial charge in [0.05, 0.1) is 17.9 Å². The molecule has 1 atom stereocenters. The van der Waals surface area contributed by atoms with Crippen molar-refractivity contribution in [2.24, 2.45) is 5.92 Å². The lowest BCUT2D eigenvalue weighted by Crippen LogP contribution is -2.28. The van der Waals surface area contributed by atoms with Crippen molar-refractivity contribution in [2.75, 3.05) is 13.4 Å². The van der Waals surface area contributed by atoms with Crippen molar-refractivity contribution < 1.29 is 17.9 Å². The minimum atomic E-state index is -3.30. The van der Waals surface area contributed by atoms with E-state index in [1.807, 2.05) is 4.57 Å². The molecule has 2 heterocycles. The van der Waals surface area contributed by atoms with Gasteiger partial charge in [-0.3, -0.25) is 4.79 Å². The molecule has 8 heteroatoms. The first-order valence-corrected chi connectivity index (χ1v) is 9.09. The first-order valence-electron chi connectivity index (χ1n) is 7.20. The van der Waals surface area contributed by atoms with Gasteiger partial charge in [-0.15, -0.1) is 10.2 Å². The first kappa shape index (κ1) is 15.7. The number of carbonyl (C=O) groups is 1. The third kappa shape index (κ3) is 2.98. The van der Waals surface area contributed by atoms with Crippen molar-refractivity contribution in [1.82, 2.24) is 14.8 Å². The van der Waals surface area contributed by atoms with Crippen molar-refractivity contribution in [3.8, 4) is 11.4 Å². The van der Waals surface area contributed by atoms with Crippen molar-refractivity contribution in [2.45, 2.75) is 24.3 Å². The summed E-state index contributed by atoms with van der Waals surface area (Å²) >= 11 is 0. The summed E-state index contributed by atoms with van der Waals surface area (Å²) in [6.45, 7) is 0.438.